The van der Waals surface area contributed by atoms with Crippen LogP contribution in [0.2, 0.25) is 0 Å². The van der Waals surface area contributed by atoms with Gasteiger partial charge in [0.05, 0.1) is 6.20 Å². The predicted molar refractivity (Wildman–Crippen MR) is 103 cm³/mol. The fourth-order valence-electron chi connectivity index (χ4n) is 2.48. The number of aromatic nitrogens is 1. The van der Waals surface area contributed by atoms with Crippen LogP contribution in [0.3, 0.4) is 0 Å². The van der Waals surface area contributed by atoms with Crippen molar-refractivity contribution >= 4 is 27.5 Å². The summed E-state index contributed by atoms with van der Waals surface area (Å²) < 4.78 is 6.76. The van der Waals surface area contributed by atoms with Crippen LogP contribution in [0.4, 0.5) is 5.69 Å². The molecule has 1 amide bonds. The van der Waals surface area contributed by atoms with Gasteiger partial charge >= 0.3 is 0 Å². The average molecular weight is 399 g/mol. The van der Waals surface area contributed by atoms with Gasteiger partial charge in [-0.05, 0) is 43.2 Å². The van der Waals surface area contributed by atoms with Crippen LogP contribution in [0.25, 0.3) is 11.3 Å². The Morgan fingerprint density at radius 3 is 2.68 bits per heavy atom. The maximum Gasteiger partial charge on any atom is 0.224 e. The van der Waals surface area contributed by atoms with E-state index in [0.29, 0.717) is 24.5 Å². The fraction of sp³-hybridized carbons (Fsp3) is 0.200. The molecule has 0 aliphatic carbocycles. The van der Waals surface area contributed by atoms with Gasteiger partial charge in [-0.15, -0.1) is 0 Å². The van der Waals surface area contributed by atoms with E-state index in [1.54, 1.807) is 6.20 Å². The van der Waals surface area contributed by atoms with Crippen LogP contribution in [0, 0.1) is 13.8 Å². The van der Waals surface area contributed by atoms with E-state index in [0.717, 1.165) is 26.9 Å². The third-order valence-corrected chi connectivity index (χ3v) is 4.44. The highest BCUT2D eigenvalue weighted by molar-refractivity contribution is 9.10. The van der Waals surface area contributed by atoms with Crippen molar-refractivity contribution in [1.82, 2.24) is 4.98 Å². The Kier molecular flexibility index (Phi) is 5.34. The molecule has 0 unspecified atom stereocenters. The van der Waals surface area contributed by atoms with Crippen molar-refractivity contribution in [3.63, 3.8) is 0 Å². The number of rotatable bonds is 5. The standard InChI is InChI=1S/C20H19BrN2O2/c1-13-3-4-14(2)17(11-13)23-19(24)9-10-20-22-12-18(25-20)15-5-7-16(21)8-6-15/h3-8,11-12H,9-10H2,1-2H3,(H,23,24). The molecule has 0 spiro atoms. The van der Waals surface area contributed by atoms with Gasteiger partial charge in [-0.2, -0.15) is 0 Å². The van der Waals surface area contributed by atoms with Crippen molar-refractivity contribution in [2.75, 3.05) is 5.32 Å². The summed E-state index contributed by atoms with van der Waals surface area (Å²) in [5.41, 5.74) is 3.98. The third-order valence-electron chi connectivity index (χ3n) is 3.92. The quantitative estimate of drug-likeness (QED) is 0.634. The van der Waals surface area contributed by atoms with E-state index < -0.39 is 0 Å². The lowest BCUT2D eigenvalue weighted by atomic mass is 10.1. The van der Waals surface area contributed by atoms with Gasteiger partial charge in [0.1, 0.15) is 0 Å². The molecule has 5 heteroatoms. The minimum Gasteiger partial charge on any atom is -0.441 e. The molecule has 0 radical (unpaired) electrons. The average Bonchev–Trinajstić information content (AvgIpc) is 3.06. The normalized spacial score (nSPS) is 10.7. The molecular formula is C20H19BrN2O2. The summed E-state index contributed by atoms with van der Waals surface area (Å²) in [6.07, 6.45) is 2.49. The molecule has 0 aliphatic heterocycles. The van der Waals surface area contributed by atoms with Gasteiger partial charge in [0, 0.05) is 28.6 Å². The number of hydrogen-bond acceptors (Lipinski definition) is 3. The number of halogens is 1. The molecule has 1 heterocycles. The number of nitrogens with zero attached hydrogens (tertiary/aromatic N) is 1. The summed E-state index contributed by atoms with van der Waals surface area (Å²) in [6.45, 7) is 3.99. The maximum atomic E-state index is 12.2. The van der Waals surface area contributed by atoms with E-state index in [4.69, 9.17) is 4.42 Å². The highest BCUT2D eigenvalue weighted by Gasteiger charge is 2.10. The largest absolute Gasteiger partial charge is 0.441 e. The molecule has 0 saturated heterocycles. The second-order valence-corrected chi connectivity index (χ2v) is 6.91. The number of carbonyl (C=O) groups excluding carboxylic acids is 1. The smallest absolute Gasteiger partial charge is 0.224 e. The molecule has 2 aromatic carbocycles. The first kappa shape index (κ1) is 17.4. The molecule has 128 valence electrons. The number of amides is 1. The van der Waals surface area contributed by atoms with Crippen LogP contribution in [-0.2, 0) is 11.2 Å². The Labute approximate surface area is 155 Å². The van der Waals surface area contributed by atoms with Crippen LogP contribution in [0.1, 0.15) is 23.4 Å². The summed E-state index contributed by atoms with van der Waals surface area (Å²) in [4.78, 5) is 16.4. The van der Waals surface area contributed by atoms with Crippen LogP contribution < -0.4 is 5.32 Å². The first-order valence-corrected chi connectivity index (χ1v) is 8.88. The molecule has 4 nitrogen and oxygen atoms in total. The van der Waals surface area contributed by atoms with Crippen molar-refractivity contribution < 1.29 is 9.21 Å². The Bertz CT molecular complexity index is 885. The molecule has 1 N–H and O–H groups in total. The summed E-state index contributed by atoms with van der Waals surface area (Å²) >= 11 is 3.41. The zero-order valence-corrected chi connectivity index (χ0v) is 15.8. The van der Waals surface area contributed by atoms with Gasteiger partial charge in [-0.25, -0.2) is 4.98 Å². The molecule has 25 heavy (non-hydrogen) atoms. The molecule has 0 fully saturated rings. The minimum atomic E-state index is -0.0444. The second kappa shape index (κ2) is 7.66. The Hall–Kier alpha value is -2.40. The maximum absolute atomic E-state index is 12.2. The number of hydrogen-bond donors (Lipinski definition) is 1. The number of anilines is 1. The molecule has 3 rings (SSSR count). The molecule has 0 aliphatic rings. The molecular weight excluding hydrogens is 380 g/mol. The van der Waals surface area contributed by atoms with Crippen molar-refractivity contribution in [2.45, 2.75) is 26.7 Å². The van der Waals surface area contributed by atoms with Gasteiger partial charge in [0.2, 0.25) is 5.91 Å². The highest BCUT2D eigenvalue weighted by Crippen LogP contribution is 2.23. The lowest BCUT2D eigenvalue weighted by molar-refractivity contribution is -0.116. The third kappa shape index (κ3) is 4.57. The van der Waals surface area contributed by atoms with Crippen LogP contribution >= 0.6 is 15.9 Å². The first-order chi connectivity index (χ1) is 12.0. The van der Waals surface area contributed by atoms with Crippen molar-refractivity contribution in [3.8, 4) is 11.3 Å². The van der Waals surface area contributed by atoms with Gasteiger partial charge < -0.3 is 9.73 Å². The number of nitrogens with one attached hydrogen (secondary N) is 1. The molecule has 0 bridgehead atoms. The van der Waals surface area contributed by atoms with Crippen molar-refractivity contribution in [1.29, 1.82) is 0 Å². The van der Waals surface area contributed by atoms with Crippen LogP contribution in [-0.4, -0.2) is 10.9 Å². The fourth-order valence-corrected chi connectivity index (χ4v) is 2.74. The van der Waals surface area contributed by atoms with Gasteiger partial charge in [0.25, 0.3) is 0 Å². The summed E-state index contributed by atoms with van der Waals surface area (Å²) in [5, 5.41) is 2.95. The first-order valence-electron chi connectivity index (χ1n) is 8.09. The SMILES string of the molecule is Cc1ccc(C)c(NC(=O)CCc2ncc(-c3ccc(Br)cc3)o2)c1. The lowest BCUT2D eigenvalue weighted by Crippen LogP contribution is -2.13. The highest BCUT2D eigenvalue weighted by atomic mass is 79.9. The second-order valence-electron chi connectivity index (χ2n) is 5.99. The van der Waals surface area contributed by atoms with E-state index in [-0.39, 0.29) is 5.91 Å². The molecule has 3 aromatic rings. The van der Waals surface area contributed by atoms with E-state index in [2.05, 4.69) is 26.2 Å². The zero-order valence-electron chi connectivity index (χ0n) is 14.2. The number of benzene rings is 2. The van der Waals surface area contributed by atoms with Crippen LogP contribution in [0.5, 0.6) is 0 Å². The molecule has 0 saturated carbocycles. The summed E-state index contributed by atoms with van der Waals surface area (Å²) in [6, 6.07) is 13.8. The molecule has 1 aromatic heterocycles. The van der Waals surface area contributed by atoms with Crippen LogP contribution in [0.15, 0.2) is 57.6 Å². The van der Waals surface area contributed by atoms with E-state index in [1.165, 1.54) is 0 Å². The minimum absolute atomic E-state index is 0.0444. The summed E-state index contributed by atoms with van der Waals surface area (Å²) in [7, 11) is 0. The molecule has 0 atom stereocenters. The number of carbonyl (C=O) groups is 1. The predicted octanol–water partition coefficient (Wildman–Crippen LogP) is 5.29. The number of aryl methyl sites for hydroxylation is 3. The Morgan fingerprint density at radius 2 is 1.92 bits per heavy atom. The van der Waals surface area contributed by atoms with E-state index in [9.17, 15) is 4.79 Å². The van der Waals surface area contributed by atoms with Gasteiger partial charge in [-0.3, -0.25) is 4.79 Å². The number of oxazole rings is 1. The zero-order chi connectivity index (χ0) is 17.8. The van der Waals surface area contributed by atoms with Gasteiger partial charge in [-0.1, -0.05) is 40.2 Å². The van der Waals surface area contributed by atoms with Crippen molar-refractivity contribution in [3.05, 3.63) is 70.2 Å². The summed E-state index contributed by atoms with van der Waals surface area (Å²) in [5.74, 6) is 1.23. The monoisotopic (exact) mass is 398 g/mol. The lowest BCUT2D eigenvalue weighted by Gasteiger charge is -2.08. The van der Waals surface area contributed by atoms with E-state index in [1.807, 2.05) is 56.3 Å². The topological polar surface area (TPSA) is 55.1 Å². The van der Waals surface area contributed by atoms with Crippen molar-refractivity contribution in [2.24, 2.45) is 0 Å². The van der Waals surface area contributed by atoms with E-state index >= 15 is 0 Å². The van der Waals surface area contributed by atoms with Gasteiger partial charge in [0.15, 0.2) is 11.7 Å². The Balaban J connectivity index is 1.59. The Morgan fingerprint density at radius 1 is 1.16 bits per heavy atom.